The van der Waals surface area contributed by atoms with Crippen molar-refractivity contribution in [2.24, 2.45) is 0 Å². The summed E-state index contributed by atoms with van der Waals surface area (Å²) >= 11 is 0. The van der Waals surface area contributed by atoms with Crippen LogP contribution in [0, 0.1) is 11.3 Å². The quantitative estimate of drug-likeness (QED) is 0.492. The van der Waals surface area contributed by atoms with E-state index in [0.29, 0.717) is 24.1 Å². The van der Waals surface area contributed by atoms with Gasteiger partial charge in [-0.1, -0.05) is 31.6 Å². The third-order valence-corrected chi connectivity index (χ3v) is 5.26. The van der Waals surface area contributed by atoms with Crippen LogP contribution in [0.1, 0.15) is 21.5 Å². The fourth-order valence-electron chi connectivity index (χ4n) is 2.91. The normalized spacial score (nSPS) is 15.7. The Hall–Kier alpha value is -2.80. The van der Waals surface area contributed by atoms with Crippen molar-refractivity contribution in [2.45, 2.75) is 11.3 Å². The minimum absolute atomic E-state index is 0.0277. The van der Waals surface area contributed by atoms with Gasteiger partial charge in [-0.05, 0) is 23.8 Å². The van der Waals surface area contributed by atoms with Gasteiger partial charge in [0.2, 0.25) is 0 Å². The summed E-state index contributed by atoms with van der Waals surface area (Å²) in [6.07, 6.45) is 0.297. The van der Waals surface area contributed by atoms with Crippen molar-refractivity contribution >= 4 is 16.2 Å². The minimum Gasteiger partial charge on any atom is -0.492 e. The summed E-state index contributed by atoms with van der Waals surface area (Å²) < 4.78 is 74.6. The van der Waals surface area contributed by atoms with Crippen molar-refractivity contribution in [3.05, 3.63) is 47.0 Å². The molecule has 27 heavy (non-hydrogen) atoms. The average Bonchev–Trinajstić information content (AvgIpc) is 3.07. The molecule has 0 saturated carbocycles. The van der Waals surface area contributed by atoms with Crippen molar-refractivity contribution in [1.82, 2.24) is 0 Å². The van der Waals surface area contributed by atoms with Gasteiger partial charge in [0.15, 0.2) is 0 Å². The number of carbonyl (C=O) groups is 1. The van der Waals surface area contributed by atoms with Gasteiger partial charge < -0.3 is 9.47 Å². The molecule has 0 atom stereocenters. The summed E-state index contributed by atoms with van der Waals surface area (Å²) in [5.74, 6) is -0.523. The van der Waals surface area contributed by atoms with E-state index in [1.54, 1.807) is 0 Å². The molecule has 0 saturated heterocycles. The van der Waals surface area contributed by atoms with Gasteiger partial charge in [-0.2, -0.15) is 5.26 Å². The second kappa shape index (κ2) is 5.36. The lowest BCUT2D eigenvalue weighted by Crippen LogP contribution is -2.08. The molecular formula is C17H12F5NO3S. The zero-order chi connectivity index (χ0) is 20.1. The molecule has 0 fully saturated rings. The van der Waals surface area contributed by atoms with Crippen LogP contribution in [0.4, 0.5) is 19.4 Å². The molecule has 2 aromatic carbocycles. The number of benzene rings is 2. The number of fused-ring (bicyclic) bond motifs is 1. The molecule has 0 unspecified atom stereocenters. The fraction of sp³-hybridized carbons (Fsp3) is 0.176. The molecular weight excluding hydrogens is 393 g/mol. The first-order valence-corrected chi connectivity index (χ1v) is 9.46. The van der Waals surface area contributed by atoms with E-state index >= 15 is 0 Å². The van der Waals surface area contributed by atoms with Crippen LogP contribution in [0.3, 0.4) is 0 Å². The highest BCUT2D eigenvalue weighted by molar-refractivity contribution is 8.45. The summed E-state index contributed by atoms with van der Waals surface area (Å²) in [5.41, 5.74) is 0.762. The van der Waals surface area contributed by atoms with E-state index in [1.807, 2.05) is 6.07 Å². The lowest BCUT2D eigenvalue weighted by molar-refractivity contribution is 0.0599. The van der Waals surface area contributed by atoms with Gasteiger partial charge >= 0.3 is 16.2 Å². The monoisotopic (exact) mass is 405 g/mol. The van der Waals surface area contributed by atoms with E-state index in [1.165, 1.54) is 6.07 Å². The Balaban J connectivity index is 2.19. The van der Waals surface area contributed by atoms with Gasteiger partial charge in [0, 0.05) is 17.5 Å². The lowest BCUT2D eigenvalue weighted by atomic mass is 9.93. The highest BCUT2D eigenvalue weighted by Gasteiger charge is 2.65. The van der Waals surface area contributed by atoms with Crippen LogP contribution in [0.25, 0.3) is 11.1 Å². The number of hydrogen-bond acceptors (Lipinski definition) is 4. The van der Waals surface area contributed by atoms with Crippen LogP contribution >= 0.6 is 10.2 Å². The molecule has 1 aliphatic heterocycles. The molecule has 0 bridgehead atoms. The summed E-state index contributed by atoms with van der Waals surface area (Å²) in [5, 5.41) is 9.34. The van der Waals surface area contributed by atoms with Crippen molar-refractivity contribution < 1.29 is 33.7 Å². The molecule has 3 rings (SSSR count). The predicted molar refractivity (Wildman–Crippen MR) is 88.5 cm³/mol. The SMILES string of the molecule is COC(=O)c1c(C#N)cc(-c2ccc(S(F)(F)(F)(F)F)cc2)c2c1CCO2. The number of hydrogen-bond donors (Lipinski definition) is 0. The topological polar surface area (TPSA) is 59.3 Å². The van der Waals surface area contributed by atoms with Crippen LogP contribution in [-0.2, 0) is 11.2 Å². The summed E-state index contributed by atoms with van der Waals surface area (Å²) in [6, 6.07) is 5.45. The molecule has 2 aromatic rings. The van der Waals surface area contributed by atoms with E-state index in [0.717, 1.165) is 19.2 Å². The van der Waals surface area contributed by atoms with Crippen LogP contribution < -0.4 is 4.74 Å². The molecule has 10 heteroatoms. The maximum Gasteiger partial charge on any atom is 0.339 e. The first-order valence-electron chi connectivity index (χ1n) is 7.51. The van der Waals surface area contributed by atoms with Gasteiger partial charge in [-0.25, -0.2) is 4.79 Å². The number of rotatable bonds is 3. The van der Waals surface area contributed by atoms with Gasteiger partial charge in [-0.15, -0.1) is 0 Å². The maximum atomic E-state index is 12.9. The Morgan fingerprint density at radius 2 is 1.81 bits per heavy atom. The molecule has 144 valence electrons. The van der Waals surface area contributed by atoms with Crippen LogP contribution in [0.2, 0.25) is 0 Å². The summed E-state index contributed by atoms with van der Waals surface area (Å²) in [4.78, 5) is 9.98. The van der Waals surface area contributed by atoms with Crippen molar-refractivity contribution in [2.75, 3.05) is 13.7 Å². The highest BCUT2D eigenvalue weighted by atomic mass is 32.5. The number of ether oxygens (including phenoxy) is 2. The Bertz CT molecular complexity index is 996. The number of carbonyl (C=O) groups excluding carboxylic acids is 1. The maximum absolute atomic E-state index is 12.9. The van der Waals surface area contributed by atoms with Gasteiger partial charge in [0.1, 0.15) is 16.7 Å². The fourth-order valence-corrected chi connectivity index (χ4v) is 3.56. The number of nitriles is 1. The summed E-state index contributed by atoms with van der Waals surface area (Å²) in [7, 11) is -8.63. The van der Waals surface area contributed by atoms with E-state index in [9.17, 15) is 29.5 Å². The highest BCUT2D eigenvalue weighted by Crippen LogP contribution is 3.02. The number of esters is 1. The number of methoxy groups -OCH3 is 1. The smallest absolute Gasteiger partial charge is 0.339 e. The van der Waals surface area contributed by atoms with Crippen molar-refractivity contribution in [1.29, 1.82) is 5.26 Å². The Labute approximate surface area is 150 Å². The van der Waals surface area contributed by atoms with Gasteiger partial charge in [-0.3, -0.25) is 0 Å². The molecule has 0 aromatic heterocycles. The first-order chi connectivity index (χ1) is 12.4. The largest absolute Gasteiger partial charge is 0.492 e. The predicted octanol–water partition coefficient (Wildman–Crippen LogP) is 5.60. The minimum atomic E-state index is -9.78. The number of halogens is 5. The Kier molecular flexibility index (Phi) is 3.76. The Morgan fingerprint density at radius 3 is 2.33 bits per heavy atom. The lowest BCUT2D eigenvalue weighted by Gasteiger charge is -2.40. The molecule has 0 N–H and O–H groups in total. The second-order valence-electron chi connectivity index (χ2n) is 5.85. The van der Waals surface area contributed by atoms with Crippen LogP contribution in [0.15, 0.2) is 35.2 Å². The second-order valence-corrected chi connectivity index (χ2v) is 8.26. The van der Waals surface area contributed by atoms with Crippen LogP contribution in [-0.4, -0.2) is 19.7 Å². The van der Waals surface area contributed by atoms with Crippen LogP contribution in [0.5, 0.6) is 5.75 Å². The van der Waals surface area contributed by atoms with Gasteiger partial charge in [0.05, 0.1) is 24.8 Å². The zero-order valence-electron chi connectivity index (χ0n) is 13.8. The molecule has 0 radical (unpaired) electrons. The molecule has 1 aliphatic rings. The summed E-state index contributed by atoms with van der Waals surface area (Å²) in [6.45, 7) is 0.199. The van der Waals surface area contributed by atoms with E-state index in [-0.39, 0.29) is 34.6 Å². The average molecular weight is 405 g/mol. The first kappa shape index (κ1) is 19.0. The standard InChI is InChI=1S/C17H12F5NO3S/c1-25-17(24)15-11(9-23)8-14(16-13(15)6-7-26-16)10-2-4-12(5-3-10)27(18,19,20,21)22/h2-5,8H,6-7H2,1H3. The molecule has 4 nitrogen and oxygen atoms in total. The molecule has 0 spiro atoms. The van der Waals surface area contributed by atoms with Crippen molar-refractivity contribution in [3.63, 3.8) is 0 Å². The Morgan fingerprint density at radius 1 is 1.19 bits per heavy atom. The number of nitrogens with zero attached hydrogens (tertiary/aromatic N) is 1. The zero-order valence-corrected chi connectivity index (χ0v) is 14.6. The molecule has 1 heterocycles. The molecule has 0 aliphatic carbocycles. The van der Waals surface area contributed by atoms with E-state index in [4.69, 9.17) is 4.74 Å². The third kappa shape index (κ3) is 3.42. The van der Waals surface area contributed by atoms with E-state index in [2.05, 4.69) is 4.74 Å². The van der Waals surface area contributed by atoms with E-state index < -0.39 is 21.1 Å². The van der Waals surface area contributed by atoms with Gasteiger partial charge in [0.25, 0.3) is 0 Å². The van der Waals surface area contributed by atoms with Crippen molar-refractivity contribution in [3.8, 4) is 22.9 Å². The molecule has 0 amide bonds. The third-order valence-electron chi connectivity index (χ3n) is 4.10.